The predicted molar refractivity (Wildman–Crippen MR) is 133 cm³/mol. The average molecular weight is 542 g/mol. The Balaban J connectivity index is 1.77. The second-order valence-electron chi connectivity index (χ2n) is 8.19. The zero-order valence-corrected chi connectivity index (χ0v) is 22.3. The van der Waals surface area contributed by atoms with Crippen LogP contribution in [0.5, 0.6) is 11.5 Å². The van der Waals surface area contributed by atoms with E-state index < -0.39 is 20.0 Å². The quantitative estimate of drug-likeness (QED) is 0.479. The Morgan fingerprint density at radius 1 is 1.00 bits per heavy atom. The van der Waals surface area contributed by atoms with E-state index in [1.165, 1.54) is 56.9 Å². The lowest BCUT2D eigenvalue weighted by atomic mass is 10.1. The highest BCUT2D eigenvalue weighted by atomic mass is 32.2. The van der Waals surface area contributed by atoms with Crippen LogP contribution in [0.4, 0.5) is 5.69 Å². The van der Waals surface area contributed by atoms with Crippen molar-refractivity contribution in [2.75, 3.05) is 59.9 Å². The van der Waals surface area contributed by atoms with Crippen molar-refractivity contribution in [2.45, 2.75) is 22.6 Å². The van der Waals surface area contributed by atoms with Crippen LogP contribution in [0.3, 0.4) is 0 Å². The lowest BCUT2D eigenvalue weighted by Crippen LogP contribution is -2.40. The van der Waals surface area contributed by atoms with Crippen molar-refractivity contribution >= 4 is 31.6 Å². The molecule has 0 radical (unpaired) electrons. The lowest BCUT2D eigenvalue weighted by Gasteiger charge is -2.26. The smallest absolute Gasteiger partial charge is 0.246 e. The standard InChI is InChI=1S/C23H31N3O8S2/c1-25(2)35(28,29)19-7-9-20(32-3)17(15-19)5-10-23(27)24-18-6-8-21(33-4)22(16-18)36(30,31)26-11-13-34-14-12-26/h6-9,15-16H,5,10-14H2,1-4H3,(H,24,27). The maximum Gasteiger partial charge on any atom is 0.246 e. The molecule has 1 aliphatic heterocycles. The molecular formula is C23H31N3O8S2. The summed E-state index contributed by atoms with van der Waals surface area (Å²) in [7, 11) is -1.78. The molecule has 0 spiro atoms. The van der Waals surface area contributed by atoms with E-state index in [4.69, 9.17) is 14.2 Å². The molecule has 3 rings (SSSR count). The third kappa shape index (κ3) is 6.16. The van der Waals surface area contributed by atoms with Crippen LogP contribution < -0.4 is 14.8 Å². The summed E-state index contributed by atoms with van der Waals surface area (Å²) < 4.78 is 69.5. The lowest BCUT2D eigenvalue weighted by molar-refractivity contribution is -0.116. The molecule has 11 nitrogen and oxygen atoms in total. The Morgan fingerprint density at radius 3 is 2.25 bits per heavy atom. The van der Waals surface area contributed by atoms with Gasteiger partial charge in [-0.3, -0.25) is 4.79 Å². The zero-order chi connectivity index (χ0) is 26.5. The van der Waals surface area contributed by atoms with Crippen LogP contribution in [0.25, 0.3) is 0 Å². The molecule has 1 amide bonds. The summed E-state index contributed by atoms with van der Waals surface area (Å²) >= 11 is 0. The Hall–Kier alpha value is -2.71. The number of hydrogen-bond acceptors (Lipinski definition) is 8. The molecule has 13 heteroatoms. The molecule has 2 aromatic rings. The molecule has 0 atom stereocenters. The van der Waals surface area contributed by atoms with E-state index in [1.54, 1.807) is 12.1 Å². The first kappa shape index (κ1) is 27.9. The number of nitrogens with one attached hydrogen (secondary N) is 1. The Morgan fingerprint density at radius 2 is 1.64 bits per heavy atom. The Labute approximate surface area is 212 Å². The van der Waals surface area contributed by atoms with Crippen LogP contribution in [-0.2, 0) is 36.0 Å². The van der Waals surface area contributed by atoms with E-state index in [9.17, 15) is 21.6 Å². The highest BCUT2D eigenvalue weighted by Crippen LogP contribution is 2.30. The molecule has 1 saturated heterocycles. The number of methoxy groups -OCH3 is 2. The summed E-state index contributed by atoms with van der Waals surface area (Å²) in [5, 5.41) is 2.71. The average Bonchev–Trinajstić information content (AvgIpc) is 2.87. The number of carbonyl (C=O) groups is 1. The summed E-state index contributed by atoms with van der Waals surface area (Å²) in [4.78, 5) is 12.8. The number of sulfonamides is 2. The fraction of sp³-hybridized carbons (Fsp3) is 0.435. The van der Waals surface area contributed by atoms with Gasteiger partial charge in [-0.15, -0.1) is 0 Å². The number of rotatable bonds is 10. The molecule has 0 aliphatic carbocycles. The minimum Gasteiger partial charge on any atom is -0.496 e. The summed E-state index contributed by atoms with van der Waals surface area (Å²) in [5.41, 5.74) is 0.851. The van der Waals surface area contributed by atoms with E-state index in [-0.39, 0.29) is 47.4 Å². The molecule has 2 aromatic carbocycles. The second-order valence-corrected chi connectivity index (χ2v) is 12.2. The molecule has 0 aromatic heterocycles. The van der Waals surface area contributed by atoms with Gasteiger partial charge in [0.2, 0.25) is 26.0 Å². The predicted octanol–water partition coefficient (Wildman–Crippen LogP) is 1.55. The van der Waals surface area contributed by atoms with Crippen LogP contribution in [0.15, 0.2) is 46.2 Å². The van der Waals surface area contributed by atoms with Gasteiger partial charge in [-0.2, -0.15) is 4.31 Å². The maximum atomic E-state index is 13.2. The molecule has 0 bridgehead atoms. The molecule has 1 heterocycles. The van der Waals surface area contributed by atoms with E-state index in [0.717, 1.165) is 4.31 Å². The minimum absolute atomic E-state index is 0.0133. The van der Waals surface area contributed by atoms with Gasteiger partial charge in [0.25, 0.3) is 0 Å². The van der Waals surface area contributed by atoms with Gasteiger partial charge in [-0.25, -0.2) is 21.1 Å². The number of carbonyl (C=O) groups excluding carboxylic acids is 1. The van der Waals surface area contributed by atoms with Crippen LogP contribution in [0.2, 0.25) is 0 Å². The van der Waals surface area contributed by atoms with E-state index in [0.29, 0.717) is 30.2 Å². The minimum atomic E-state index is -3.85. The highest BCUT2D eigenvalue weighted by molar-refractivity contribution is 7.89. The van der Waals surface area contributed by atoms with Crippen molar-refractivity contribution < 1.29 is 35.8 Å². The third-order valence-corrected chi connectivity index (χ3v) is 9.42. The molecule has 198 valence electrons. The maximum absolute atomic E-state index is 13.2. The Bertz CT molecular complexity index is 1300. The van der Waals surface area contributed by atoms with Gasteiger partial charge < -0.3 is 19.5 Å². The number of aryl methyl sites for hydroxylation is 1. The topological polar surface area (TPSA) is 132 Å². The van der Waals surface area contributed by atoms with Gasteiger partial charge in [-0.05, 0) is 48.4 Å². The molecule has 0 unspecified atom stereocenters. The van der Waals surface area contributed by atoms with Gasteiger partial charge >= 0.3 is 0 Å². The van der Waals surface area contributed by atoms with Crippen LogP contribution in [-0.4, -0.2) is 86.0 Å². The van der Waals surface area contributed by atoms with Crippen molar-refractivity contribution in [1.29, 1.82) is 0 Å². The molecule has 1 N–H and O–H groups in total. The number of hydrogen-bond donors (Lipinski definition) is 1. The second kappa shape index (κ2) is 11.6. The van der Waals surface area contributed by atoms with Gasteiger partial charge in [0.05, 0.1) is 32.3 Å². The van der Waals surface area contributed by atoms with Gasteiger partial charge in [0.1, 0.15) is 16.4 Å². The molecule has 0 saturated carbocycles. The molecular weight excluding hydrogens is 510 g/mol. The van der Waals surface area contributed by atoms with E-state index in [1.807, 2.05) is 0 Å². The summed E-state index contributed by atoms with van der Waals surface area (Å²) in [6, 6.07) is 8.90. The SMILES string of the molecule is COc1ccc(S(=O)(=O)N(C)C)cc1CCC(=O)Nc1ccc(OC)c(S(=O)(=O)N2CCOCC2)c1. The van der Waals surface area contributed by atoms with Gasteiger partial charge in [-0.1, -0.05) is 0 Å². The fourth-order valence-electron chi connectivity index (χ4n) is 3.68. The number of anilines is 1. The monoisotopic (exact) mass is 541 g/mol. The summed E-state index contributed by atoms with van der Waals surface area (Å²) in [5.74, 6) is 0.254. The first-order valence-electron chi connectivity index (χ1n) is 11.2. The summed E-state index contributed by atoms with van der Waals surface area (Å²) in [6.45, 7) is 1.07. The first-order chi connectivity index (χ1) is 17.0. The van der Waals surface area contributed by atoms with Crippen molar-refractivity contribution in [2.24, 2.45) is 0 Å². The number of amides is 1. The largest absolute Gasteiger partial charge is 0.496 e. The number of benzene rings is 2. The molecule has 1 aliphatic rings. The molecule has 36 heavy (non-hydrogen) atoms. The van der Waals surface area contributed by atoms with Crippen molar-refractivity contribution in [3.05, 3.63) is 42.0 Å². The zero-order valence-electron chi connectivity index (χ0n) is 20.7. The highest BCUT2D eigenvalue weighted by Gasteiger charge is 2.29. The third-order valence-electron chi connectivity index (χ3n) is 5.69. The van der Waals surface area contributed by atoms with Crippen LogP contribution in [0.1, 0.15) is 12.0 Å². The number of nitrogens with zero attached hydrogens (tertiary/aromatic N) is 2. The number of ether oxygens (including phenoxy) is 3. The normalized spacial score (nSPS) is 15.0. The van der Waals surface area contributed by atoms with Gasteiger partial charge in [0.15, 0.2) is 0 Å². The first-order valence-corrected chi connectivity index (χ1v) is 14.0. The van der Waals surface area contributed by atoms with Crippen LogP contribution in [0, 0.1) is 0 Å². The van der Waals surface area contributed by atoms with Crippen molar-refractivity contribution in [1.82, 2.24) is 8.61 Å². The van der Waals surface area contributed by atoms with Crippen LogP contribution >= 0.6 is 0 Å². The number of morpholine rings is 1. The van der Waals surface area contributed by atoms with Gasteiger partial charge in [0, 0.05) is 39.3 Å². The summed E-state index contributed by atoms with van der Waals surface area (Å²) in [6.07, 6.45) is 0.223. The van der Waals surface area contributed by atoms with Crippen molar-refractivity contribution in [3.8, 4) is 11.5 Å². The fourth-order valence-corrected chi connectivity index (χ4v) is 6.22. The molecule has 1 fully saturated rings. The van der Waals surface area contributed by atoms with E-state index in [2.05, 4.69) is 5.32 Å². The van der Waals surface area contributed by atoms with E-state index >= 15 is 0 Å². The van der Waals surface area contributed by atoms with Crippen molar-refractivity contribution in [3.63, 3.8) is 0 Å². The Kier molecular flexibility index (Phi) is 8.95.